The monoisotopic (exact) mass is 435 g/mol. The van der Waals surface area contributed by atoms with E-state index in [0.717, 1.165) is 42.1 Å². The Labute approximate surface area is 177 Å². The van der Waals surface area contributed by atoms with Gasteiger partial charge in [-0.2, -0.15) is 13.2 Å². The maximum absolute atomic E-state index is 13.5. The molecule has 1 aromatic heterocycles. The minimum absolute atomic E-state index is 0.149. The molecule has 0 amide bonds. The topological polar surface area (TPSA) is 60.2 Å². The molecule has 0 fully saturated rings. The fourth-order valence-electron chi connectivity index (χ4n) is 2.89. The van der Waals surface area contributed by atoms with Crippen LogP contribution in [-0.2, 0) is 12.7 Å². The lowest BCUT2D eigenvalue weighted by atomic mass is 10.1. The van der Waals surface area contributed by atoms with Gasteiger partial charge >= 0.3 is 6.18 Å². The highest BCUT2D eigenvalue weighted by Gasteiger charge is 2.34. The number of nitrogens with zero attached hydrogens (tertiary/aromatic N) is 1. The zero-order valence-corrected chi connectivity index (χ0v) is 17.4. The van der Waals surface area contributed by atoms with Gasteiger partial charge in [0, 0.05) is 23.2 Å². The van der Waals surface area contributed by atoms with Gasteiger partial charge < -0.3 is 15.8 Å². The highest BCUT2D eigenvalue weighted by molar-refractivity contribution is 7.14. The Morgan fingerprint density at radius 3 is 2.53 bits per heavy atom. The first kappa shape index (κ1) is 22.1. The lowest BCUT2D eigenvalue weighted by molar-refractivity contribution is -0.138. The molecule has 3 aromatic rings. The minimum atomic E-state index is -4.50. The van der Waals surface area contributed by atoms with Gasteiger partial charge in [-0.1, -0.05) is 44.0 Å². The van der Waals surface area contributed by atoms with Crippen LogP contribution in [0.4, 0.5) is 24.0 Å². The van der Waals surface area contributed by atoms with Crippen molar-refractivity contribution in [1.29, 1.82) is 0 Å². The van der Waals surface area contributed by atoms with Crippen molar-refractivity contribution >= 4 is 22.2 Å². The second kappa shape index (κ2) is 9.95. The van der Waals surface area contributed by atoms with Crippen LogP contribution in [0, 0.1) is 0 Å². The molecule has 3 rings (SSSR count). The molecule has 0 atom stereocenters. The van der Waals surface area contributed by atoms with Crippen molar-refractivity contribution in [3.8, 4) is 17.0 Å². The molecule has 0 radical (unpaired) electrons. The summed E-state index contributed by atoms with van der Waals surface area (Å²) in [6, 6.07) is 11.7. The Morgan fingerprint density at radius 2 is 1.87 bits per heavy atom. The molecular formula is C22H24F3N3OS. The molecule has 3 N–H and O–H groups in total. The van der Waals surface area contributed by atoms with Crippen molar-refractivity contribution in [3.05, 3.63) is 59.0 Å². The molecule has 30 heavy (non-hydrogen) atoms. The van der Waals surface area contributed by atoms with Gasteiger partial charge in [-0.15, -0.1) is 11.3 Å². The van der Waals surface area contributed by atoms with E-state index in [-0.39, 0.29) is 12.4 Å². The van der Waals surface area contributed by atoms with E-state index < -0.39 is 11.7 Å². The number of nitrogens with two attached hydrogens (primary N) is 1. The molecule has 0 aliphatic carbocycles. The number of thiazole rings is 1. The van der Waals surface area contributed by atoms with Crippen molar-refractivity contribution < 1.29 is 17.9 Å². The van der Waals surface area contributed by atoms with Crippen molar-refractivity contribution in [3.63, 3.8) is 0 Å². The zero-order chi connectivity index (χ0) is 21.6. The molecule has 0 unspecified atom stereocenters. The molecule has 2 aromatic carbocycles. The molecule has 4 nitrogen and oxygen atoms in total. The van der Waals surface area contributed by atoms with Crippen LogP contribution >= 0.6 is 11.3 Å². The number of nitrogens with one attached hydrogen (secondary N) is 1. The fraction of sp³-hybridized carbons (Fsp3) is 0.318. The Bertz CT molecular complexity index is 955. The van der Waals surface area contributed by atoms with Gasteiger partial charge in [0.05, 0.1) is 17.9 Å². The van der Waals surface area contributed by atoms with Gasteiger partial charge in [0.2, 0.25) is 0 Å². The third-order valence-electron chi connectivity index (χ3n) is 4.53. The molecule has 0 saturated heterocycles. The number of unbranched alkanes of at least 4 members (excludes halogenated alkanes) is 2. The van der Waals surface area contributed by atoms with E-state index in [1.807, 2.05) is 36.6 Å². The van der Waals surface area contributed by atoms with E-state index in [0.29, 0.717) is 17.4 Å². The first-order chi connectivity index (χ1) is 14.4. The quantitative estimate of drug-likeness (QED) is 0.372. The van der Waals surface area contributed by atoms with Gasteiger partial charge in [0.15, 0.2) is 5.13 Å². The molecule has 0 bridgehead atoms. The summed E-state index contributed by atoms with van der Waals surface area (Å²) in [7, 11) is 0. The lowest BCUT2D eigenvalue weighted by Gasteiger charge is -2.15. The SMILES string of the molecule is CCCCCOc1ccc(Nc2nc(-c3ccc(CN)cc3)cs2)cc1C(F)(F)F. The second-order valence-corrected chi connectivity index (χ2v) is 7.69. The summed E-state index contributed by atoms with van der Waals surface area (Å²) in [4.78, 5) is 4.48. The van der Waals surface area contributed by atoms with Crippen molar-refractivity contribution in [2.24, 2.45) is 5.73 Å². The first-order valence-corrected chi connectivity index (χ1v) is 10.6. The van der Waals surface area contributed by atoms with Crippen molar-refractivity contribution in [2.75, 3.05) is 11.9 Å². The predicted octanol–water partition coefficient (Wildman–Crippen LogP) is 6.60. The van der Waals surface area contributed by atoms with E-state index in [1.165, 1.54) is 17.4 Å². The Morgan fingerprint density at radius 1 is 1.10 bits per heavy atom. The smallest absolute Gasteiger partial charge is 0.420 e. The van der Waals surface area contributed by atoms with Crippen LogP contribution in [0.3, 0.4) is 0 Å². The van der Waals surface area contributed by atoms with Crippen LogP contribution < -0.4 is 15.8 Å². The average Bonchev–Trinajstić information content (AvgIpc) is 3.20. The second-order valence-electron chi connectivity index (χ2n) is 6.83. The number of alkyl halides is 3. The Hall–Kier alpha value is -2.58. The maximum Gasteiger partial charge on any atom is 0.420 e. The first-order valence-electron chi connectivity index (χ1n) is 9.76. The maximum atomic E-state index is 13.5. The van der Waals surface area contributed by atoms with Crippen molar-refractivity contribution in [1.82, 2.24) is 4.98 Å². The summed E-state index contributed by atoms with van der Waals surface area (Å²) in [6.45, 7) is 2.76. The summed E-state index contributed by atoms with van der Waals surface area (Å²) in [5, 5.41) is 5.33. The van der Waals surface area contributed by atoms with Crippen LogP contribution in [0.2, 0.25) is 0 Å². The number of rotatable bonds is 9. The summed E-state index contributed by atoms with van der Waals surface area (Å²) in [5.41, 5.74) is 7.81. The van der Waals surface area contributed by atoms with Gasteiger partial charge in [-0.3, -0.25) is 0 Å². The predicted molar refractivity (Wildman–Crippen MR) is 115 cm³/mol. The number of hydrogen-bond acceptors (Lipinski definition) is 5. The largest absolute Gasteiger partial charge is 0.493 e. The normalized spacial score (nSPS) is 11.5. The van der Waals surface area contributed by atoms with E-state index in [4.69, 9.17) is 10.5 Å². The Kier molecular flexibility index (Phi) is 7.33. The highest BCUT2D eigenvalue weighted by Crippen LogP contribution is 2.39. The van der Waals surface area contributed by atoms with E-state index in [2.05, 4.69) is 10.3 Å². The molecule has 0 aliphatic rings. The number of hydrogen-bond donors (Lipinski definition) is 2. The molecule has 0 aliphatic heterocycles. The molecule has 8 heteroatoms. The summed E-state index contributed by atoms with van der Waals surface area (Å²) < 4.78 is 45.9. The molecule has 0 saturated carbocycles. The van der Waals surface area contributed by atoms with Crippen LogP contribution in [-0.4, -0.2) is 11.6 Å². The Balaban J connectivity index is 1.75. The number of benzene rings is 2. The summed E-state index contributed by atoms with van der Waals surface area (Å²) >= 11 is 1.33. The van der Waals surface area contributed by atoms with Crippen molar-refractivity contribution in [2.45, 2.75) is 38.9 Å². The number of halogens is 3. The van der Waals surface area contributed by atoms with E-state index >= 15 is 0 Å². The summed E-state index contributed by atoms with van der Waals surface area (Å²) in [6.07, 6.45) is -1.88. The van der Waals surface area contributed by atoms with Gasteiger partial charge in [-0.25, -0.2) is 4.98 Å². The van der Waals surface area contributed by atoms with Crippen LogP contribution in [0.1, 0.15) is 37.3 Å². The van der Waals surface area contributed by atoms with Gasteiger partial charge in [0.25, 0.3) is 0 Å². The number of anilines is 2. The highest BCUT2D eigenvalue weighted by atomic mass is 32.1. The standard InChI is InChI=1S/C22H24F3N3OS/c1-2-3-4-11-29-20-10-9-17(12-18(20)22(23,24)25)27-21-28-19(14-30-21)16-7-5-15(13-26)6-8-16/h5-10,12,14H,2-4,11,13,26H2,1H3,(H,27,28). The molecular weight excluding hydrogens is 411 g/mol. The molecule has 160 valence electrons. The fourth-order valence-corrected chi connectivity index (χ4v) is 3.63. The third-order valence-corrected chi connectivity index (χ3v) is 5.29. The van der Waals surface area contributed by atoms with E-state index in [9.17, 15) is 13.2 Å². The van der Waals surface area contributed by atoms with Crippen LogP contribution in [0.25, 0.3) is 11.3 Å². The number of ether oxygens (including phenoxy) is 1. The summed E-state index contributed by atoms with van der Waals surface area (Å²) in [5.74, 6) is -0.149. The van der Waals surface area contributed by atoms with Crippen LogP contribution in [0.5, 0.6) is 5.75 Å². The minimum Gasteiger partial charge on any atom is -0.493 e. The van der Waals surface area contributed by atoms with Crippen LogP contribution in [0.15, 0.2) is 47.8 Å². The zero-order valence-electron chi connectivity index (χ0n) is 16.6. The molecule has 1 heterocycles. The van der Waals surface area contributed by atoms with E-state index in [1.54, 1.807) is 6.07 Å². The lowest BCUT2D eigenvalue weighted by Crippen LogP contribution is -2.10. The van der Waals surface area contributed by atoms with Gasteiger partial charge in [0.1, 0.15) is 5.75 Å². The average molecular weight is 436 g/mol. The molecule has 0 spiro atoms. The number of aromatic nitrogens is 1. The third kappa shape index (κ3) is 5.73. The van der Waals surface area contributed by atoms with Gasteiger partial charge in [-0.05, 0) is 30.2 Å².